The maximum Gasteiger partial charge on any atom is 0.434 e. The minimum Gasteiger partial charge on any atom is -0.481 e. The molecule has 2 amide bonds. The van der Waals surface area contributed by atoms with E-state index >= 15 is 0 Å². The van der Waals surface area contributed by atoms with Gasteiger partial charge in [0.2, 0.25) is 0 Å². The molecule has 1 aliphatic heterocycles. The summed E-state index contributed by atoms with van der Waals surface area (Å²) in [5.41, 5.74) is -0.985. The van der Waals surface area contributed by atoms with Crippen LogP contribution in [0.15, 0.2) is 5.38 Å². The summed E-state index contributed by atoms with van der Waals surface area (Å²) in [6, 6.07) is -1.19. The molecule has 10 heteroatoms. The predicted molar refractivity (Wildman–Crippen MR) is 80.5 cm³/mol. The number of hydrogen-bond donors (Lipinski definition) is 2. The van der Waals surface area contributed by atoms with E-state index in [4.69, 9.17) is 5.11 Å². The van der Waals surface area contributed by atoms with Crippen molar-refractivity contribution in [3.63, 3.8) is 0 Å². The number of rotatable bonds is 3. The Hall–Kier alpha value is -1.84. The summed E-state index contributed by atoms with van der Waals surface area (Å²) in [4.78, 5) is 28.3. The minimum atomic E-state index is -4.52. The van der Waals surface area contributed by atoms with E-state index in [1.165, 1.54) is 4.90 Å². The molecule has 0 radical (unpaired) electrons. The quantitative estimate of drug-likeness (QED) is 0.863. The largest absolute Gasteiger partial charge is 0.481 e. The Bertz CT molecular complexity index is 620. The fourth-order valence-electron chi connectivity index (χ4n) is 2.65. The molecule has 24 heavy (non-hydrogen) atoms. The van der Waals surface area contributed by atoms with Crippen molar-refractivity contribution in [3.8, 4) is 0 Å². The number of thiazole rings is 1. The van der Waals surface area contributed by atoms with Crippen molar-refractivity contribution in [1.82, 2.24) is 15.2 Å². The van der Waals surface area contributed by atoms with Gasteiger partial charge in [0.15, 0.2) is 5.69 Å². The number of urea groups is 1. The van der Waals surface area contributed by atoms with Crippen LogP contribution in [0.2, 0.25) is 0 Å². The van der Waals surface area contributed by atoms with Crippen LogP contribution in [0, 0.1) is 11.8 Å². The maximum atomic E-state index is 12.6. The number of likely N-dealkylation sites (tertiary alicyclic amines) is 1. The molecule has 0 bridgehead atoms. The lowest BCUT2D eigenvalue weighted by Crippen LogP contribution is -2.49. The summed E-state index contributed by atoms with van der Waals surface area (Å²) in [6.45, 7) is 3.89. The van der Waals surface area contributed by atoms with Crippen molar-refractivity contribution >= 4 is 23.3 Å². The number of aliphatic carboxylic acids is 1. The van der Waals surface area contributed by atoms with Gasteiger partial charge in [-0.3, -0.25) is 4.79 Å². The third-order valence-electron chi connectivity index (χ3n) is 3.82. The molecule has 6 nitrogen and oxygen atoms in total. The van der Waals surface area contributed by atoms with Crippen LogP contribution in [0.5, 0.6) is 0 Å². The van der Waals surface area contributed by atoms with Crippen LogP contribution in [0.3, 0.4) is 0 Å². The number of nitrogens with zero attached hydrogens (tertiary/aromatic N) is 2. The Balaban J connectivity index is 2.00. The topological polar surface area (TPSA) is 82.5 Å². The van der Waals surface area contributed by atoms with Gasteiger partial charge in [0, 0.05) is 18.5 Å². The van der Waals surface area contributed by atoms with E-state index in [0.717, 1.165) is 16.7 Å². The van der Waals surface area contributed by atoms with Crippen molar-refractivity contribution in [2.45, 2.75) is 32.5 Å². The van der Waals surface area contributed by atoms with Crippen molar-refractivity contribution in [3.05, 3.63) is 16.1 Å². The molecule has 0 aliphatic carbocycles. The molecule has 1 aliphatic rings. The molecular weight excluding hydrogens is 347 g/mol. The minimum absolute atomic E-state index is 0.0394. The van der Waals surface area contributed by atoms with E-state index in [2.05, 4.69) is 10.3 Å². The number of carboxylic acid groups (broad SMARTS) is 1. The molecule has 1 aromatic rings. The average Bonchev–Trinajstić information content (AvgIpc) is 2.96. The molecule has 1 saturated heterocycles. The fourth-order valence-corrected chi connectivity index (χ4v) is 3.48. The van der Waals surface area contributed by atoms with Crippen molar-refractivity contribution in [2.24, 2.45) is 11.8 Å². The number of carbonyl (C=O) groups excluding carboxylic acids is 1. The zero-order chi connectivity index (χ0) is 18.1. The first-order valence-corrected chi connectivity index (χ1v) is 8.26. The second kappa shape index (κ2) is 6.96. The van der Waals surface area contributed by atoms with Crippen LogP contribution < -0.4 is 5.32 Å². The lowest BCUT2D eigenvalue weighted by molar-refractivity contribution is -0.144. The number of alkyl halides is 3. The fraction of sp³-hybridized carbons (Fsp3) is 0.643. The first-order valence-electron chi connectivity index (χ1n) is 7.38. The van der Waals surface area contributed by atoms with Crippen LogP contribution >= 0.6 is 11.3 Å². The van der Waals surface area contributed by atoms with Gasteiger partial charge in [-0.2, -0.15) is 13.2 Å². The van der Waals surface area contributed by atoms with Gasteiger partial charge in [-0.05, 0) is 19.3 Å². The van der Waals surface area contributed by atoms with Gasteiger partial charge in [0.05, 0.1) is 12.0 Å². The van der Waals surface area contributed by atoms with Gasteiger partial charge in [-0.15, -0.1) is 11.3 Å². The highest BCUT2D eigenvalue weighted by atomic mass is 32.1. The zero-order valence-corrected chi connectivity index (χ0v) is 13.9. The van der Waals surface area contributed by atoms with Crippen molar-refractivity contribution in [1.29, 1.82) is 0 Å². The van der Waals surface area contributed by atoms with E-state index in [1.807, 2.05) is 6.92 Å². The molecule has 0 aromatic carbocycles. The van der Waals surface area contributed by atoms with E-state index < -0.39 is 35.8 Å². The molecule has 0 saturated carbocycles. The number of aromatic nitrogens is 1. The molecule has 2 N–H and O–H groups in total. The normalized spacial score (nSPS) is 23.0. The van der Waals surface area contributed by atoms with Gasteiger partial charge in [-0.25, -0.2) is 9.78 Å². The first-order chi connectivity index (χ1) is 11.1. The number of hydrogen-bond acceptors (Lipinski definition) is 4. The number of carbonyl (C=O) groups is 2. The number of amides is 2. The smallest absolute Gasteiger partial charge is 0.434 e. The molecule has 2 rings (SSSR count). The summed E-state index contributed by atoms with van der Waals surface area (Å²) in [5, 5.41) is 12.8. The van der Waals surface area contributed by atoms with Gasteiger partial charge in [-0.1, -0.05) is 6.92 Å². The van der Waals surface area contributed by atoms with Gasteiger partial charge >= 0.3 is 18.2 Å². The van der Waals surface area contributed by atoms with Crippen molar-refractivity contribution < 1.29 is 27.9 Å². The molecule has 2 heterocycles. The summed E-state index contributed by atoms with van der Waals surface area (Å²) < 4.78 is 37.7. The van der Waals surface area contributed by atoms with Crippen LogP contribution in [0.4, 0.5) is 18.0 Å². The number of piperidine rings is 1. The lowest BCUT2D eigenvalue weighted by Gasteiger charge is -2.35. The number of carboxylic acids is 1. The SMILES string of the molecule is CC1CC(C(=O)O)CN(C(=O)NC(C)c2nc(C(F)(F)F)cs2)C1. The molecule has 3 unspecified atom stereocenters. The highest BCUT2D eigenvalue weighted by Gasteiger charge is 2.35. The van der Waals surface area contributed by atoms with E-state index in [-0.39, 0.29) is 17.5 Å². The molecule has 0 spiro atoms. The highest BCUT2D eigenvalue weighted by Crippen LogP contribution is 2.31. The van der Waals surface area contributed by atoms with Crippen LogP contribution in [0.25, 0.3) is 0 Å². The van der Waals surface area contributed by atoms with E-state index in [1.54, 1.807) is 6.92 Å². The Morgan fingerprint density at radius 3 is 2.67 bits per heavy atom. The van der Waals surface area contributed by atoms with E-state index in [9.17, 15) is 22.8 Å². The predicted octanol–water partition coefficient (Wildman–Crippen LogP) is 2.98. The average molecular weight is 365 g/mol. The molecule has 1 aromatic heterocycles. The number of halogens is 3. The second-order valence-corrected chi connectivity index (χ2v) is 6.91. The Morgan fingerprint density at radius 2 is 2.12 bits per heavy atom. The first kappa shape index (κ1) is 18.5. The number of nitrogens with one attached hydrogen (secondary N) is 1. The van der Waals surface area contributed by atoms with Crippen molar-refractivity contribution in [2.75, 3.05) is 13.1 Å². The zero-order valence-electron chi connectivity index (χ0n) is 13.1. The summed E-state index contributed by atoms with van der Waals surface area (Å²) >= 11 is 0.821. The maximum absolute atomic E-state index is 12.6. The summed E-state index contributed by atoms with van der Waals surface area (Å²) in [5.74, 6) is -1.55. The molecule has 3 atom stereocenters. The van der Waals surface area contributed by atoms with Crippen LogP contribution in [0.1, 0.15) is 37.0 Å². The third kappa shape index (κ3) is 4.37. The Kier molecular flexibility index (Phi) is 5.36. The highest BCUT2D eigenvalue weighted by molar-refractivity contribution is 7.09. The van der Waals surface area contributed by atoms with Gasteiger partial charge in [0.1, 0.15) is 5.01 Å². The Morgan fingerprint density at radius 1 is 1.46 bits per heavy atom. The standard InChI is InChI=1S/C14H18F3N3O3S/c1-7-3-9(12(21)22)5-20(4-7)13(23)18-8(2)11-19-10(6-24-11)14(15,16)17/h6-9H,3-5H2,1-2H3,(H,18,23)(H,21,22). The van der Waals surface area contributed by atoms with Gasteiger partial charge in [0.25, 0.3) is 0 Å². The summed E-state index contributed by atoms with van der Waals surface area (Å²) in [7, 11) is 0. The molecule has 1 fully saturated rings. The Labute approximate surface area is 140 Å². The molecular formula is C14H18F3N3O3S. The third-order valence-corrected chi connectivity index (χ3v) is 4.85. The van der Waals surface area contributed by atoms with Crippen LogP contribution in [-0.4, -0.2) is 40.1 Å². The molecule has 134 valence electrons. The second-order valence-electron chi connectivity index (χ2n) is 6.02. The monoisotopic (exact) mass is 365 g/mol. The van der Waals surface area contributed by atoms with E-state index in [0.29, 0.717) is 13.0 Å². The lowest BCUT2D eigenvalue weighted by atomic mass is 9.91. The summed E-state index contributed by atoms with van der Waals surface area (Å²) in [6.07, 6.45) is -4.02. The van der Waals surface area contributed by atoms with Crippen LogP contribution in [-0.2, 0) is 11.0 Å². The van der Waals surface area contributed by atoms with Gasteiger partial charge < -0.3 is 15.3 Å².